The van der Waals surface area contributed by atoms with Crippen LogP contribution in [0.2, 0.25) is 0 Å². The molecule has 2 rings (SSSR count). The van der Waals surface area contributed by atoms with Gasteiger partial charge in [-0.2, -0.15) is 0 Å². The van der Waals surface area contributed by atoms with E-state index in [1.165, 1.54) is 16.7 Å². The van der Waals surface area contributed by atoms with E-state index in [0.29, 0.717) is 5.41 Å². The van der Waals surface area contributed by atoms with Crippen molar-refractivity contribution in [3.05, 3.63) is 34.9 Å². The molecule has 1 heterocycles. The van der Waals surface area contributed by atoms with Crippen molar-refractivity contribution in [3.63, 3.8) is 0 Å². The van der Waals surface area contributed by atoms with Gasteiger partial charge < -0.3 is 4.74 Å². The molecule has 0 spiro atoms. The monoisotopic (exact) mass is 248 g/mol. The average Bonchev–Trinajstić information content (AvgIpc) is 2.75. The van der Waals surface area contributed by atoms with Gasteiger partial charge in [-0.3, -0.25) is 11.3 Å². The molecule has 1 aromatic rings. The molecule has 1 aliphatic heterocycles. The first kappa shape index (κ1) is 13.5. The second-order valence-electron chi connectivity index (χ2n) is 6.34. The minimum absolute atomic E-state index is 0.232. The largest absolute Gasteiger partial charge is 0.372 e. The Hall–Kier alpha value is -0.900. The van der Waals surface area contributed by atoms with Crippen molar-refractivity contribution < 1.29 is 4.74 Å². The van der Waals surface area contributed by atoms with Crippen molar-refractivity contribution in [3.8, 4) is 0 Å². The van der Waals surface area contributed by atoms with E-state index < -0.39 is 0 Å². The first-order valence-electron chi connectivity index (χ1n) is 6.65. The molecule has 3 heteroatoms. The van der Waals surface area contributed by atoms with E-state index in [1.807, 2.05) is 0 Å². The summed E-state index contributed by atoms with van der Waals surface area (Å²) in [5, 5.41) is 0. The quantitative estimate of drug-likeness (QED) is 0.636. The predicted octanol–water partition coefficient (Wildman–Crippen LogP) is 3.05. The van der Waals surface area contributed by atoms with Crippen LogP contribution >= 0.6 is 0 Å². The van der Waals surface area contributed by atoms with Gasteiger partial charge in [-0.1, -0.05) is 39.0 Å². The summed E-state index contributed by atoms with van der Waals surface area (Å²) >= 11 is 0. The zero-order chi connectivity index (χ0) is 13.2. The molecule has 1 aliphatic rings. The van der Waals surface area contributed by atoms with Crippen molar-refractivity contribution in [1.29, 1.82) is 0 Å². The normalized spacial score (nSPS) is 16.7. The van der Waals surface area contributed by atoms with E-state index in [1.54, 1.807) is 0 Å². The third-order valence-corrected chi connectivity index (χ3v) is 3.53. The highest BCUT2D eigenvalue weighted by Gasteiger charge is 2.18. The number of nitrogens with two attached hydrogens (primary N) is 1. The molecule has 0 amide bonds. The van der Waals surface area contributed by atoms with Gasteiger partial charge >= 0.3 is 0 Å². The maximum atomic E-state index is 5.70. The van der Waals surface area contributed by atoms with Gasteiger partial charge in [-0.25, -0.2) is 0 Å². The summed E-state index contributed by atoms with van der Waals surface area (Å²) in [6, 6.07) is 6.80. The molecule has 0 radical (unpaired) electrons. The Morgan fingerprint density at radius 2 is 2.00 bits per heavy atom. The van der Waals surface area contributed by atoms with Gasteiger partial charge in [-0.05, 0) is 34.9 Å². The SMILES string of the molecule is CC(C)(C)CCC(NN)c1ccc2c(c1)COC2. The second kappa shape index (κ2) is 5.39. The number of hydrogen-bond acceptors (Lipinski definition) is 3. The van der Waals surface area contributed by atoms with Crippen LogP contribution < -0.4 is 11.3 Å². The summed E-state index contributed by atoms with van der Waals surface area (Å²) in [4.78, 5) is 0. The van der Waals surface area contributed by atoms with Crippen LogP contribution in [0.15, 0.2) is 18.2 Å². The lowest BCUT2D eigenvalue weighted by Crippen LogP contribution is -2.29. The summed E-state index contributed by atoms with van der Waals surface area (Å²) < 4.78 is 5.45. The fourth-order valence-corrected chi connectivity index (χ4v) is 2.33. The molecular weight excluding hydrogens is 224 g/mol. The Kier molecular flexibility index (Phi) is 4.05. The lowest BCUT2D eigenvalue weighted by Gasteiger charge is -2.23. The molecular formula is C15H24N2O. The highest BCUT2D eigenvalue weighted by atomic mass is 16.5. The van der Waals surface area contributed by atoms with Crippen molar-refractivity contribution in [2.75, 3.05) is 0 Å². The first-order chi connectivity index (χ1) is 8.49. The highest BCUT2D eigenvalue weighted by molar-refractivity contribution is 5.34. The summed E-state index contributed by atoms with van der Waals surface area (Å²) in [6.45, 7) is 8.27. The average molecular weight is 248 g/mol. The Balaban J connectivity index is 2.08. The van der Waals surface area contributed by atoms with Crippen molar-refractivity contribution in [2.24, 2.45) is 11.3 Å². The van der Waals surface area contributed by atoms with Crippen LogP contribution in [-0.2, 0) is 18.0 Å². The van der Waals surface area contributed by atoms with Gasteiger partial charge in [0, 0.05) is 6.04 Å². The van der Waals surface area contributed by atoms with E-state index in [9.17, 15) is 0 Å². The summed E-state index contributed by atoms with van der Waals surface area (Å²) in [6.07, 6.45) is 2.20. The zero-order valence-electron chi connectivity index (χ0n) is 11.6. The van der Waals surface area contributed by atoms with Crippen LogP contribution in [0.25, 0.3) is 0 Å². The van der Waals surface area contributed by atoms with Gasteiger partial charge in [-0.15, -0.1) is 0 Å². The molecule has 18 heavy (non-hydrogen) atoms. The number of benzene rings is 1. The van der Waals surface area contributed by atoms with Crippen molar-refractivity contribution in [2.45, 2.75) is 52.9 Å². The van der Waals surface area contributed by atoms with E-state index in [2.05, 4.69) is 44.4 Å². The van der Waals surface area contributed by atoms with Crippen molar-refractivity contribution >= 4 is 0 Å². The van der Waals surface area contributed by atoms with Gasteiger partial charge in [0.15, 0.2) is 0 Å². The minimum atomic E-state index is 0.232. The molecule has 0 saturated carbocycles. The van der Waals surface area contributed by atoms with Crippen LogP contribution in [0.4, 0.5) is 0 Å². The van der Waals surface area contributed by atoms with E-state index in [-0.39, 0.29) is 6.04 Å². The number of nitrogens with one attached hydrogen (secondary N) is 1. The maximum Gasteiger partial charge on any atom is 0.0725 e. The third kappa shape index (κ3) is 3.31. The number of hydrazine groups is 1. The van der Waals surface area contributed by atoms with E-state index in [0.717, 1.165) is 26.1 Å². The smallest absolute Gasteiger partial charge is 0.0725 e. The van der Waals surface area contributed by atoms with Crippen LogP contribution in [0, 0.1) is 5.41 Å². The number of rotatable bonds is 4. The molecule has 1 unspecified atom stereocenters. The minimum Gasteiger partial charge on any atom is -0.372 e. The predicted molar refractivity (Wildman–Crippen MR) is 73.7 cm³/mol. The summed E-state index contributed by atoms with van der Waals surface area (Å²) in [5.74, 6) is 5.70. The maximum absolute atomic E-state index is 5.70. The summed E-state index contributed by atoms with van der Waals surface area (Å²) in [5.41, 5.74) is 7.17. The Labute approximate surface area is 110 Å². The zero-order valence-corrected chi connectivity index (χ0v) is 11.6. The fourth-order valence-electron chi connectivity index (χ4n) is 2.33. The third-order valence-electron chi connectivity index (χ3n) is 3.53. The molecule has 100 valence electrons. The molecule has 3 N–H and O–H groups in total. The van der Waals surface area contributed by atoms with Gasteiger partial charge in [0.25, 0.3) is 0 Å². The molecule has 0 aliphatic carbocycles. The fraction of sp³-hybridized carbons (Fsp3) is 0.600. The first-order valence-corrected chi connectivity index (χ1v) is 6.65. The highest BCUT2D eigenvalue weighted by Crippen LogP contribution is 2.29. The lowest BCUT2D eigenvalue weighted by atomic mass is 9.87. The number of fused-ring (bicyclic) bond motifs is 1. The molecule has 3 nitrogen and oxygen atoms in total. The summed E-state index contributed by atoms with van der Waals surface area (Å²) in [7, 11) is 0. The van der Waals surface area contributed by atoms with Crippen LogP contribution in [0.3, 0.4) is 0 Å². The van der Waals surface area contributed by atoms with Crippen LogP contribution in [0.5, 0.6) is 0 Å². The van der Waals surface area contributed by atoms with Crippen LogP contribution in [0.1, 0.15) is 56.3 Å². The molecule has 0 bridgehead atoms. The van der Waals surface area contributed by atoms with Crippen molar-refractivity contribution in [1.82, 2.24) is 5.43 Å². The van der Waals surface area contributed by atoms with Gasteiger partial charge in [0.2, 0.25) is 0 Å². The molecule has 1 aromatic carbocycles. The Morgan fingerprint density at radius 1 is 1.28 bits per heavy atom. The topological polar surface area (TPSA) is 47.3 Å². The Morgan fingerprint density at radius 3 is 2.67 bits per heavy atom. The Bertz CT molecular complexity index is 409. The molecule has 0 aromatic heterocycles. The van der Waals surface area contributed by atoms with Gasteiger partial charge in [0.1, 0.15) is 0 Å². The number of ether oxygens (including phenoxy) is 1. The second-order valence-corrected chi connectivity index (χ2v) is 6.34. The molecule has 0 fully saturated rings. The molecule has 0 saturated heterocycles. The van der Waals surface area contributed by atoms with E-state index >= 15 is 0 Å². The number of hydrogen-bond donors (Lipinski definition) is 2. The standard InChI is InChI=1S/C15H24N2O/c1-15(2,3)7-6-14(17-16)11-4-5-12-9-18-10-13(12)8-11/h4-5,8,14,17H,6-7,9-10,16H2,1-3H3. The van der Waals surface area contributed by atoms with E-state index in [4.69, 9.17) is 10.6 Å². The molecule has 1 atom stereocenters. The van der Waals surface area contributed by atoms with Gasteiger partial charge in [0.05, 0.1) is 13.2 Å². The van der Waals surface area contributed by atoms with Crippen LogP contribution in [-0.4, -0.2) is 0 Å². The lowest BCUT2D eigenvalue weighted by molar-refractivity contribution is 0.134.